The van der Waals surface area contributed by atoms with Gasteiger partial charge in [0.2, 0.25) is 11.8 Å². The molecule has 0 bridgehead atoms. The van der Waals surface area contributed by atoms with Crippen molar-refractivity contribution >= 4 is 29.5 Å². The van der Waals surface area contributed by atoms with Gasteiger partial charge in [-0.25, -0.2) is 5.48 Å². The van der Waals surface area contributed by atoms with E-state index in [1.165, 1.54) is 11.6 Å². The molecular formula is C15H17ClN2O3. The zero-order chi connectivity index (χ0) is 15.5. The molecule has 1 aromatic carbocycles. The molecule has 3 N–H and O–H groups in total. The molecule has 2 amide bonds. The Morgan fingerprint density at radius 3 is 2.57 bits per heavy atom. The van der Waals surface area contributed by atoms with Gasteiger partial charge >= 0.3 is 0 Å². The van der Waals surface area contributed by atoms with Crippen LogP contribution in [0.5, 0.6) is 0 Å². The summed E-state index contributed by atoms with van der Waals surface area (Å²) < 4.78 is 0. The molecule has 21 heavy (non-hydrogen) atoms. The SMILES string of the molecule is O=C(C=CC=Cc1ccc(Cl)cc1)NCCCC(=O)NO. The van der Waals surface area contributed by atoms with Crippen LogP contribution >= 0.6 is 11.6 Å². The van der Waals surface area contributed by atoms with Gasteiger partial charge in [0.15, 0.2) is 0 Å². The van der Waals surface area contributed by atoms with Crippen molar-refractivity contribution in [3.8, 4) is 0 Å². The van der Waals surface area contributed by atoms with Crippen LogP contribution in [0.2, 0.25) is 5.02 Å². The maximum Gasteiger partial charge on any atom is 0.243 e. The summed E-state index contributed by atoms with van der Waals surface area (Å²) in [6, 6.07) is 7.33. The Kier molecular flexibility index (Phi) is 7.86. The Bertz CT molecular complexity index is 524. The largest absolute Gasteiger partial charge is 0.353 e. The lowest BCUT2D eigenvalue weighted by Crippen LogP contribution is -2.24. The number of benzene rings is 1. The van der Waals surface area contributed by atoms with Crippen LogP contribution < -0.4 is 10.8 Å². The van der Waals surface area contributed by atoms with Crippen LogP contribution in [0.25, 0.3) is 6.08 Å². The van der Waals surface area contributed by atoms with E-state index in [2.05, 4.69) is 5.32 Å². The Morgan fingerprint density at radius 2 is 1.90 bits per heavy atom. The molecule has 5 nitrogen and oxygen atoms in total. The van der Waals surface area contributed by atoms with Gasteiger partial charge in [-0.15, -0.1) is 0 Å². The highest BCUT2D eigenvalue weighted by Crippen LogP contribution is 2.10. The summed E-state index contributed by atoms with van der Waals surface area (Å²) in [7, 11) is 0. The minimum Gasteiger partial charge on any atom is -0.353 e. The van der Waals surface area contributed by atoms with E-state index >= 15 is 0 Å². The standard InChI is InChI=1S/C15H17ClN2O3/c16-13-9-7-12(8-10-13)4-1-2-5-14(19)17-11-3-6-15(20)18-21/h1-2,4-5,7-10,21H,3,6,11H2,(H,17,19)(H,18,20). The number of hydrogen-bond acceptors (Lipinski definition) is 3. The first-order valence-corrected chi connectivity index (χ1v) is 6.80. The second kappa shape index (κ2) is 9.74. The van der Waals surface area contributed by atoms with E-state index in [0.717, 1.165) is 5.56 Å². The molecule has 1 rings (SSSR count). The first-order chi connectivity index (χ1) is 10.1. The summed E-state index contributed by atoms with van der Waals surface area (Å²) in [6.07, 6.45) is 7.26. The second-order valence-corrected chi connectivity index (χ2v) is 4.64. The molecule has 0 aliphatic rings. The number of nitrogens with one attached hydrogen (secondary N) is 2. The Balaban J connectivity index is 2.24. The highest BCUT2D eigenvalue weighted by molar-refractivity contribution is 6.30. The Morgan fingerprint density at radius 1 is 1.19 bits per heavy atom. The molecule has 0 radical (unpaired) electrons. The summed E-state index contributed by atoms with van der Waals surface area (Å²) in [5, 5.41) is 11.6. The maximum atomic E-state index is 11.4. The zero-order valence-electron chi connectivity index (χ0n) is 11.4. The number of hydroxylamine groups is 1. The van der Waals surface area contributed by atoms with Gasteiger partial charge in [-0.2, -0.15) is 0 Å². The van der Waals surface area contributed by atoms with E-state index < -0.39 is 5.91 Å². The number of carbonyl (C=O) groups excluding carboxylic acids is 2. The fourth-order valence-electron chi connectivity index (χ4n) is 1.46. The van der Waals surface area contributed by atoms with Crippen molar-refractivity contribution in [2.75, 3.05) is 6.54 Å². The van der Waals surface area contributed by atoms with Gasteiger partial charge in [0.05, 0.1) is 0 Å². The summed E-state index contributed by atoms with van der Waals surface area (Å²) in [5.41, 5.74) is 2.52. The molecular weight excluding hydrogens is 292 g/mol. The molecule has 0 spiro atoms. The van der Waals surface area contributed by atoms with E-state index in [4.69, 9.17) is 16.8 Å². The van der Waals surface area contributed by atoms with Gasteiger partial charge in [-0.1, -0.05) is 42.0 Å². The molecule has 0 aliphatic heterocycles. The number of halogens is 1. The minimum absolute atomic E-state index is 0.164. The molecule has 0 atom stereocenters. The van der Waals surface area contributed by atoms with Gasteiger partial charge in [-0.05, 0) is 24.1 Å². The van der Waals surface area contributed by atoms with Gasteiger partial charge in [0, 0.05) is 24.1 Å². The third-order valence-corrected chi connectivity index (χ3v) is 2.77. The van der Waals surface area contributed by atoms with Crippen molar-refractivity contribution in [3.63, 3.8) is 0 Å². The normalized spacial score (nSPS) is 11.0. The van der Waals surface area contributed by atoms with E-state index in [1.54, 1.807) is 24.3 Å². The lowest BCUT2D eigenvalue weighted by Gasteiger charge is -2.00. The fraction of sp³-hybridized carbons (Fsp3) is 0.200. The fourth-order valence-corrected chi connectivity index (χ4v) is 1.58. The zero-order valence-corrected chi connectivity index (χ0v) is 12.1. The van der Waals surface area contributed by atoms with Crippen molar-refractivity contribution in [2.24, 2.45) is 0 Å². The molecule has 1 aromatic rings. The lowest BCUT2D eigenvalue weighted by molar-refractivity contribution is -0.129. The molecule has 0 saturated heterocycles. The molecule has 6 heteroatoms. The van der Waals surface area contributed by atoms with E-state index in [-0.39, 0.29) is 12.3 Å². The average Bonchev–Trinajstić information content (AvgIpc) is 2.49. The second-order valence-electron chi connectivity index (χ2n) is 4.20. The third kappa shape index (κ3) is 7.91. The third-order valence-electron chi connectivity index (χ3n) is 2.52. The smallest absolute Gasteiger partial charge is 0.243 e. The predicted molar refractivity (Wildman–Crippen MR) is 81.8 cm³/mol. The molecule has 0 aliphatic carbocycles. The first-order valence-electron chi connectivity index (χ1n) is 6.43. The van der Waals surface area contributed by atoms with Gasteiger partial charge in [-0.3, -0.25) is 14.8 Å². The summed E-state index contributed by atoms with van der Waals surface area (Å²) in [6.45, 7) is 0.373. The number of carbonyl (C=O) groups is 2. The summed E-state index contributed by atoms with van der Waals surface area (Å²) in [4.78, 5) is 22.1. The Hall–Kier alpha value is -2.11. The Labute approximate surface area is 128 Å². The topological polar surface area (TPSA) is 78.4 Å². The quantitative estimate of drug-likeness (QED) is 0.238. The van der Waals surface area contributed by atoms with Gasteiger partial charge in [0.25, 0.3) is 0 Å². The maximum absolute atomic E-state index is 11.4. The van der Waals surface area contributed by atoms with Crippen LogP contribution in [-0.4, -0.2) is 23.6 Å². The van der Waals surface area contributed by atoms with Crippen molar-refractivity contribution < 1.29 is 14.8 Å². The number of hydrogen-bond donors (Lipinski definition) is 3. The molecule has 112 valence electrons. The van der Waals surface area contributed by atoms with Crippen LogP contribution in [0.4, 0.5) is 0 Å². The van der Waals surface area contributed by atoms with Crippen LogP contribution in [0.3, 0.4) is 0 Å². The van der Waals surface area contributed by atoms with Crippen LogP contribution in [-0.2, 0) is 9.59 Å². The summed E-state index contributed by atoms with van der Waals surface area (Å²) >= 11 is 5.77. The van der Waals surface area contributed by atoms with Crippen molar-refractivity contribution in [2.45, 2.75) is 12.8 Å². The molecule has 0 unspecified atom stereocenters. The molecule has 0 fully saturated rings. The van der Waals surface area contributed by atoms with Gasteiger partial charge < -0.3 is 5.32 Å². The van der Waals surface area contributed by atoms with Crippen molar-refractivity contribution in [3.05, 3.63) is 53.1 Å². The number of allylic oxidation sites excluding steroid dienone is 2. The van der Waals surface area contributed by atoms with E-state index in [9.17, 15) is 9.59 Å². The molecule has 0 heterocycles. The molecule has 0 saturated carbocycles. The lowest BCUT2D eigenvalue weighted by atomic mass is 10.2. The highest BCUT2D eigenvalue weighted by Gasteiger charge is 1.99. The van der Waals surface area contributed by atoms with Crippen LogP contribution in [0.1, 0.15) is 18.4 Å². The highest BCUT2D eigenvalue weighted by atomic mass is 35.5. The number of amides is 2. The van der Waals surface area contributed by atoms with Gasteiger partial charge in [0.1, 0.15) is 0 Å². The predicted octanol–water partition coefficient (Wildman–Crippen LogP) is 2.31. The first kappa shape index (κ1) is 16.9. The van der Waals surface area contributed by atoms with Crippen molar-refractivity contribution in [1.82, 2.24) is 10.8 Å². The molecule has 0 aromatic heterocycles. The van der Waals surface area contributed by atoms with E-state index in [1.807, 2.05) is 18.2 Å². The van der Waals surface area contributed by atoms with Crippen LogP contribution in [0, 0.1) is 0 Å². The summed E-state index contributed by atoms with van der Waals surface area (Å²) in [5.74, 6) is -0.703. The van der Waals surface area contributed by atoms with Crippen LogP contribution in [0.15, 0.2) is 42.5 Å². The monoisotopic (exact) mass is 308 g/mol. The minimum atomic E-state index is -0.467. The average molecular weight is 309 g/mol. The van der Waals surface area contributed by atoms with E-state index in [0.29, 0.717) is 18.0 Å². The van der Waals surface area contributed by atoms with Crippen molar-refractivity contribution in [1.29, 1.82) is 0 Å². The number of rotatable bonds is 7.